The van der Waals surface area contributed by atoms with E-state index in [0.717, 1.165) is 42.9 Å². The van der Waals surface area contributed by atoms with E-state index >= 15 is 0 Å². The van der Waals surface area contributed by atoms with Gasteiger partial charge >= 0.3 is 0 Å². The lowest BCUT2D eigenvalue weighted by Gasteiger charge is -2.28. The number of sulfonamides is 1. The van der Waals surface area contributed by atoms with Gasteiger partial charge in [0, 0.05) is 31.4 Å². The van der Waals surface area contributed by atoms with Gasteiger partial charge in [0.2, 0.25) is 10.0 Å². The van der Waals surface area contributed by atoms with E-state index in [4.69, 9.17) is 0 Å². The van der Waals surface area contributed by atoms with Crippen molar-refractivity contribution >= 4 is 15.8 Å². The van der Waals surface area contributed by atoms with Gasteiger partial charge < -0.3 is 4.90 Å². The van der Waals surface area contributed by atoms with Crippen LogP contribution in [0.4, 0.5) is 5.82 Å². The van der Waals surface area contributed by atoms with Crippen LogP contribution < -0.4 is 4.90 Å². The average Bonchev–Trinajstić information content (AvgIpc) is 3.34. The van der Waals surface area contributed by atoms with Gasteiger partial charge in [0.15, 0.2) is 0 Å². The Labute approximate surface area is 155 Å². The molecule has 4 rings (SSSR count). The van der Waals surface area contributed by atoms with Crippen LogP contribution in [-0.4, -0.2) is 37.3 Å². The predicted octanol–water partition coefficient (Wildman–Crippen LogP) is 3.52. The summed E-state index contributed by atoms with van der Waals surface area (Å²) in [5.74, 6) is 0.959. The maximum atomic E-state index is 13.3. The van der Waals surface area contributed by atoms with Gasteiger partial charge in [0.1, 0.15) is 5.82 Å². The Morgan fingerprint density at radius 3 is 2.46 bits per heavy atom. The lowest BCUT2D eigenvalue weighted by molar-refractivity contribution is 0.396. The number of anilines is 1. The van der Waals surface area contributed by atoms with Crippen molar-refractivity contribution in [3.05, 3.63) is 53.7 Å². The smallest absolute Gasteiger partial charge is 0.243 e. The first-order chi connectivity index (χ1) is 12.6. The molecule has 0 spiro atoms. The van der Waals surface area contributed by atoms with E-state index in [2.05, 4.69) is 9.88 Å². The van der Waals surface area contributed by atoms with Crippen LogP contribution in [0.2, 0.25) is 0 Å². The topological polar surface area (TPSA) is 53.5 Å². The molecule has 6 heteroatoms. The summed E-state index contributed by atoms with van der Waals surface area (Å²) in [5.41, 5.74) is 2.10. The van der Waals surface area contributed by atoms with Crippen molar-refractivity contribution in [3.8, 4) is 0 Å². The van der Waals surface area contributed by atoms with Crippen molar-refractivity contribution in [1.82, 2.24) is 9.29 Å². The number of benzene rings is 1. The molecule has 0 N–H and O–H groups in total. The van der Waals surface area contributed by atoms with Gasteiger partial charge in [-0.05, 0) is 50.8 Å². The van der Waals surface area contributed by atoms with Gasteiger partial charge in [-0.1, -0.05) is 23.8 Å². The maximum absolute atomic E-state index is 13.3. The molecule has 0 aliphatic carbocycles. The molecule has 1 aromatic heterocycles. The second-order valence-corrected chi connectivity index (χ2v) is 9.09. The molecule has 2 aliphatic heterocycles. The van der Waals surface area contributed by atoms with Gasteiger partial charge in [-0.3, -0.25) is 0 Å². The summed E-state index contributed by atoms with van der Waals surface area (Å²) in [5, 5.41) is 0. The largest absolute Gasteiger partial charge is 0.356 e. The molecule has 138 valence electrons. The highest BCUT2D eigenvalue weighted by molar-refractivity contribution is 7.89. The molecule has 5 nitrogen and oxygen atoms in total. The maximum Gasteiger partial charge on any atom is 0.243 e. The van der Waals surface area contributed by atoms with Crippen molar-refractivity contribution in [3.63, 3.8) is 0 Å². The van der Waals surface area contributed by atoms with Crippen LogP contribution in [0.25, 0.3) is 0 Å². The molecule has 0 saturated carbocycles. The number of nitrogens with zero attached hydrogens (tertiary/aromatic N) is 3. The first-order valence-electron chi connectivity index (χ1n) is 9.36. The molecule has 2 saturated heterocycles. The Morgan fingerprint density at radius 2 is 1.73 bits per heavy atom. The van der Waals surface area contributed by atoms with Gasteiger partial charge in [-0.2, -0.15) is 4.31 Å². The van der Waals surface area contributed by atoms with E-state index in [0.29, 0.717) is 11.4 Å². The number of hydrogen-bond acceptors (Lipinski definition) is 4. The SMILES string of the molecule is Cc1ccc(S(=O)(=O)N2CCC[C@H]2c2cccnc2N2CCCC2)cc1. The average molecular weight is 372 g/mol. The van der Waals surface area contributed by atoms with Crippen LogP contribution in [0.3, 0.4) is 0 Å². The minimum Gasteiger partial charge on any atom is -0.356 e. The second-order valence-electron chi connectivity index (χ2n) is 7.20. The summed E-state index contributed by atoms with van der Waals surface area (Å²) in [7, 11) is -3.51. The van der Waals surface area contributed by atoms with Crippen LogP contribution in [-0.2, 0) is 10.0 Å². The van der Waals surface area contributed by atoms with Gasteiger partial charge in [0.25, 0.3) is 0 Å². The Bertz CT molecular complexity index is 874. The fraction of sp³-hybridized carbons (Fsp3) is 0.450. The fourth-order valence-corrected chi connectivity index (χ4v) is 5.72. The second kappa shape index (κ2) is 7.00. The Balaban J connectivity index is 1.70. The third kappa shape index (κ3) is 3.12. The molecular weight excluding hydrogens is 346 g/mol. The zero-order chi connectivity index (χ0) is 18.1. The monoisotopic (exact) mass is 371 g/mol. The third-order valence-electron chi connectivity index (χ3n) is 5.41. The molecule has 1 aromatic carbocycles. The van der Waals surface area contributed by atoms with E-state index in [1.165, 1.54) is 12.8 Å². The lowest BCUT2D eigenvalue weighted by Crippen LogP contribution is -2.32. The number of hydrogen-bond donors (Lipinski definition) is 0. The van der Waals surface area contributed by atoms with Gasteiger partial charge in [0.05, 0.1) is 10.9 Å². The molecule has 2 aromatic rings. The van der Waals surface area contributed by atoms with Crippen LogP contribution in [0.1, 0.15) is 42.9 Å². The molecule has 0 amide bonds. The molecule has 26 heavy (non-hydrogen) atoms. The number of aryl methyl sites for hydroxylation is 1. The van der Waals surface area contributed by atoms with E-state index < -0.39 is 10.0 Å². The van der Waals surface area contributed by atoms with Gasteiger partial charge in [-0.15, -0.1) is 0 Å². The molecular formula is C20H25N3O2S. The summed E-state index contributed by atoms with van der Waals surface area (Å²) in [4.78, 5) is 7.28. The predicted molar refractivity (Wildman–Crippen MR) is 103 cm³/mol. The molecule has 2 aliphatic rings. The zero-order valence-electron chi connectivity index (χ0n) is 15.1. The number of aromatic nitrogens is 1. The fourth-order valence-electron chi connectivity index (χ4n) is 4.05. The highest BCUT2D eigenvalue weighted by atomic mass is 32.2. The molecule has 3 heterocycles. The van der Waals surface area contributed by atoms with Crippen molar-refractivity contribution in [2.24, 2.45) is 0 Å². The molecule has 0 bridgehead atoms. The summed E-state index contributed by atoms with van der Waals surface area (Å²) >= 11 is 0. The first kappa shape index (κ1) is 17.5. The highest BCUT2D eigenvalue weighted by Crippen LogP contribution is 2.40. The first-order valence-corrected chi connectivity index (χ1v) is 10.8. The van der Waals surface area contributed by atoms with Crippen LogP contribution in [0, 0.1) is 6.92 Å². The van der Waals surface area contributed by atoms with Crippen LogP contribution in [0.5, 0.6) is 0 Å². The molecule has 0 unspecified atom stereocenters. The van der Waals surface area contributed by atoms with Gasteiger partial charge in [-0.25, -0.2) is 13.4 Å². The number of pyridine rings is 1. The molecule has 2 fully saturated rings. The number of rotatable bonds is 4. The van der Waals surface area contributed by atoms with Crippen LogP contribution in [0.15, 0.2) is 47.5 Å². The van der Waals surface area contributed by atoms with E-state index in [1.807, 2.05) is 37.4 Å². The Morgan fingerprint density at radius 1 is 1.00 bits per heavy atom. The lowest BCUT2D eigenvalue weighted by atomic mass is 10.1. The minimum absolute atomic E-state index is 0.134. The zero-order valence-corrected chi connectivity index (χ0v) is 16.0. The highest BCUT2D eigenvalue weighted by Gasteiger charge is 2.38. The summed E-state index contributed by atoms with van der Waals surface area (Å²) in [6.07, 6.45) is 5.88. The van der Waals surface area contributed by atoms with Crippen molar-refractivity contribution < 1.29 is 8.42 Å². The van der Waals surface area contributed by atoms with E-state index in [-0.39, 0.29) is 6.04 Å². The molecule has 0 radical (unpaired) electrons. The summed E-state index contributed by atoms with van der Waals surface area (Å²) < 4.78 is 28.2. The minimum atomic E-state index is -3.51. The van der Waals surface area contributed by atoms with E-state index in [1.54, 1.807) is 16.4 Å². The van der Waals surface area contributed by atoms with Crippen molar-refractivity contribution in [2.45, 2.75) is 43.5 Å². The Hall–Kier alpha value is -1.92. The van der Waals surface area contributed by atoms with E-state index in [9.17, 15) is 8.42 Å². The van der Waals surface area contributed by atoms with Crippen LogP contribution >= 0.6 is 0 Å². The third-order valence-corrected chi connectivity index (χ3v) is 7.34. The Kier molecular flexibility index (Phi) is 4.71. The molecule has 1 atom stereocenters. The van der Waals surface area contributed by atoms with Crippen molar-refractivity contribution in [2.75, 3.05) is 24.5 Å². The summed E-state index contributed by atoms with van der Waals surface area (Å²) in [6.45, 7) is 4.53. The normalized spacial score (nSPS) is 21.4. The summed E-state index contributed by atoms with van der Waals surface area (Å²) in [6, 6.07) is 11.0. The quantitative estimate of drug-likeness (QED) is 0.825. The standard InChI is InChI=1S/C20H25N3O2S/c1-16-8-10-17(11-9-16)26(24,25)23-15-5-7-19(23)18-6-4-12-21-20(18)22-13-2-3-14-22/h4,6,8-12,19H,2-3,5,7,13-15H2,1H3/t19-/m0/s1. The van der Waals surface area contributed by atoms with Crippen molar-refractivity contribution in [1.29, 1.82) is 0 Å².